The van der Waals surface area contributed by atoms with Gasteiger partial charge in [-0.05, 0) is 16.7 Å². The van der Waals surface area contributed by atoms with Gasteiger partial charge in [0.15, 0.2) is 5.60 Å². The van der Waals surface area contributed by atoms with Crippen molar-refractivity contribution >= 4 is 0 Å². The van der Waals surface area contributed by atoms with E-state index in [1.54, 1.807) is 0 Å². The van der Waals surface area contributed by atoms with Crippen LogP contribution in [0.1, 0.15) is 16.7 Å². The van der Waals surface area contributed by atoms with Crippen LogP contribution in [0.5, 0.6) is 0 Å². The second-order valence-corrected chi connectivity index (χ2v) is 5.98. The number of hydrogen-bond donors (Lipinski definition) is 2. The highest BCUT2D eigenvalue weighted by Gasteiger charge is 2.39. The zero-order valence-electron chi connectivity index (χ0n) is 14.4. The second kappa shape index (κ2) is 8.74. The highest BCUT2D eigenvalue weighted by molar-refractivity contribution is 5.47. The van der Waals surface area contributed by atoms with Gasteiger partial charge in [0, 0.05) is 0 Å². The van der Waals surface area contributed by atoms with E-state index >= 15 is 0 Å². The Kier molecular flexibility index (Phi) is 6.15. The normalized spacial score (nSPS) is 12.7. The van der Waals surface area contributed by atoms with Gasteiger partial charge < -0.3 is 10.2 Å². The molecule has 3 rings (SSSR count). The molecule has 3 aromatic rings. The molecule has 134 valence electrons. The minimum Gasteiger partial charge on any atom is -0.394 e. The maximum Gasteiger partial charge on any atom is 0.178 e. The molecule has 0 saturated carbocycles. The molecule has 1 atom stereocenters. The Balaban J connectivity index is 2.11. The molecule has 0 fully saturated rings. The van der Waals surface area contributed by atoms with Gasteiger partial charge in [-0.1, -0.05) is 91.0 Å². The molecule has 2 N–H and O–H groups in total. The van der Waals surface area contributed by atoms with Crippen molar-refractivity contribution in [2.24, 2.45) is 0 Å². The average Bonchev–Trinajstić information content (AvgIpc) is 2.73. The minimum absolute atomic E-state index is 0.134. The Morgan fingerprint density at radius 3 is 1.42 bits per heavy atom. The summed E-state index contributed by atoms with van der Waals surface area (Å²) in [4.78, 5) is 11.4. The van der Waals surface area contributed by atoms with Crippen LogP contribution in [0.15, 0.2) is 91.0 Å². The van der Waals surface area contributed by atoms with Gasteiger partial charge in [-0.25, -0.2) is 9.78 Å². The molecule has 0 aromatic heterocycles. The first-order valence-corrected chi connectivity index (χ1v) is 8.53. The number of aliphatic hydroxyl groups excluding tert-OH is 2. The number of hydrogen-bond acceptors (Lipinski definition) is 4. The molecule has 0 aliphatic heterocycles. The Labute approximate surface area is 153 Å². The van der Waals surface area contributed by atoms with Gasteiger partial charge in [-0.2, -0.15) is 0 Å². The SMILES string of the molecule is OCC(O)COOC(c1ccccc1)(c1ccccc1)c1ccccc1. The highest BCUT2D eigenvalue weighted by atomic mass is 17.2. The third-order valence-corrected chi connectivity index (χ3v) is 4.20. The van der Waals surface area contributed by atoms with Crippen LogP contribution < -0.4 is 0 Å². The summed E-state index contributed by atoms with van der Waals surface area (Å²) in [5, 5.41) is 18.6. The number of rotatable bonds is 8. The molecule has 0 spiro atoms. The number of benzene rings is 3. The van der Waals surface area contributed by atoms with Crippen molar-refractivity contribution in [2.45, 2.75) is 11.7 Å². The van der Waals surface area contributed by atoms with Gasteiger partial charge >= 0.3 is 0 Å². The van der Waals surface area contributed by atoms with Gasteiger partial charge in [0.25, 0.3) is 0 Å². The molecular formula is C22H22O4. The predicted molar refractivity (Wildman–Crippen MR) is 99.3 cm³/mol. The molecule has 0 saturated heterocycles. The van der Waals surface area contributed by atoms with Gasteiger partial charge in [0.05, 0.1) is 6.61 Å². The van der Waals surface area contributed by atoms with Crippen LogP contribution in [0.4, 0.5) is 0 Å². The quantitative estimate of drug-likeness (QED) is 0.372. The Morgan fingerprint density at radius 2 is 1.08 bits per heavy atom. The van der Waals surface area contributed by atoms with Crippen LogP contribution in [0, 0.1) is 0 Å². The first kappa shape index (κ1) is 18.3. The summed E-state index contributed by atoms with van der Waals surface area (Å²) >= 11 is 0. The lowest BCUT2D eigenvalue weighted by Gasteiger charge is -2.34. The lowest BCUT2D eigenvalue weighted by Crippen LogP contribution is -2.34. The van der Waals surface area contributed by atoms with Gasteiger partial charge in [0.2, 0.25) is 0 Å². The van der Waals surface area contributed by atoms with Crippen molar-refractivity contribution in [3.05, 3.63) is 108 Å². The van der Waals surface area contributed by atoms with Crippen LogP contribution in [0.3, 0.4) is 0 Å². The van der Waals surface area contributed by atoms with Crippen LogP contribution in [0.2, 0.25) is 0 Å². The summed E-state index contributed by atoms with van der Waals surface area (Å²) < 4.78 is 0. The summed E-state index contributed by atoms with van der Waals surface area (Å²) in [6, 6.07) is 29.4. The molecule has 0 aliphatic rings. The van der Waals surface area contributed by atoms with Crippen molar-refractivity contribution < 1.29 is 20.0 Å². The lowest BCUT2D eigenvalue weighted by molar-refractivity contribution is -0.353. The smallest absolute Gasteiger partial charge is 0.178 e. The second-order valence-electron chi connectivity index (χ2n) is 5.98. The molecule has 4 nitrogen and oxygen atoms in total. The molecule has 0 aliphatic carbocycles. The van der Waals surface area contributed by atoms with E-state index in [0.717, 1.165) is 16.7 Å². The van der Waals surface area contributed by atoms with Crippen LogP contribution in [0.25, 0.3) is 0 Å². The van der Waals surface area contributed by atoms with E-state index in [4.69, 9.17) is 14.9 Å². The van der Waals surface area contributed by atoms with Gasteiger partial charge in [-0.15, -0.1) is 0 Å². The van der Waals surface area contributed by atoms with E-state index in [2.05, 4.69) is 0 Å². The highest BCUT2D eigenvalue weighted by Crippen LogP contribution is 2.40. The zero-order chi connectivity index (χ0) is 18.2. The summed E-state index contributed by atoms with van der Waals surface area (Å²) in [5.74, 6) is 0. The molecule has 0 heterocycles. The first-order chi connectivity index (χ1) is 12.8. The molecular weight excluding hydrogens is 328 g/mol. The fourth-order valence-electron chi connectivity index (χ4n) is 2.92. The largest absolute Gasteiger partial charge is 0.394 e. The molecule has 0 bridgehead atoms. The molecule has 3 aromatic carbocycles. The standard InChI is InChI=1S/C22H22O4/c23-16-21(24)17-25-26-22(18-10-4-1-5-11-18,19-12-6-2-7-13-19)20-14-8-3-9-15-20/h1-15,21,23-24H,16-17H2. The third-order valence-electron chi connectivity index (χ3n) is 4.20. The van der Waals surface area contributed by atoms with Crippen molar-refractivity contribution in [3.8, 4) is 0 Å². The molecule has 0 amide bonds. The van der Waals surface area contributed by atoms with E-state index in [1.807, 2.05) is 91.0 Å². The summed E-state index contributed by atoms with van der Waals surface area (Å²) in [6.45, 7) is -0.525. The summed E-state index contributed by atoms with van der Waals surface area (Å²) in [7, 11) is 0. The average molecular weight is 350 g/mol. The van der Waals surface area contributed by atoms with E-state index < -0.39 is 18.3 Å². The topological polar surface area (TPSA) is 58.9 Å². The predicted octanol–water partition coefficient (Wildman–Crippen LogP) is 3.28. The summed E-state index contributed by atoms with van der Waals surface area (Å²) in [5.41, 5.74) is 1.70. The number of aliphatic hydroxyl groups is 2. The van der Waals surface area contributed by atoms with Crippen molar-refractivity contribution in [1.29, 1.82) is 0 Å². The van der Waals surface area contributed by atoms with Crippen LogP contribution in [-0.4, -0.2) is 29.5 Å². The Hall–Kier alpha value is -2.50. The maximum atomic E-state index is 9.61. The van der Waals surface area contributed by atoms with Crippen LogP contribution >= 0.6 is 0 Å². The van der Waals surface area contributed by atoms with Crippen molar-refractivity contribution in [1.82, 2.24) is 0 Å². The van der Waals surface area contributed by atoms with E-state index in [0.29, 0.717) is 0 Å². The lowest BCUT2D eigenvalue weighted by atomic mass is 9.80. The molecule has 4 heteroatoms. The fourth-order valence-corrected chi connectivity index (χ4v) is 2.92. The van der Waals surface area contributed by atoms with Crippen molar-refractivity contribution in [3.63, 3.8) is 0 Å². The molecule has 26 heavy (non-hydrogen) atoms. The zero-order valence-corrected chi connectivity index (χ0v) is 14.4. The summed E-state index contributed by atoms with van der Waals surface area (Å²) in [6.07, 6.45) is -1.00. The van der Waals surface area contributed by atoms with Gasteiger partial charge in [0.1, 0.15) is 12.7 Å². The first-order valence-electron chi connectivity index (χ1n) is 8.53. The fraction of sp³-hybridized carbons (Fsp3) is 0.182. The monoisotopic (exact) mass is 350 g/mol. The molecule has 1 unspecified atom stereocenters. The minimum atomic E-state index is -1.00. The Bertz CT molecular complexity index is 678. The van der Waals surface area contributed by atoms with Crippen molar-refractivity contribution in [2.75, 3.05) is 13.2 Å². The molecule has 0 radical (unpaired) electrons. The van der Waals surface area contributed by atoms with E-state index in [9.17, 15) is 5.11 Å². The van der Waals surface area contributed by atoms with Gasteiger partial charge in [-0.3, -0.25) is 0 Å². The third kappa shape index (κ3) is 3.84. The maximum absolute atomic E-state index is 9.61. The van der Waals surface area contributed by atoms with E-state index in [-0.39, 0.29) is 6.61 Å². The van der Waals surface area contributed by atoms with E-state index in [1.165, 1.54) is 0 Å². The Morgan fingerprint density at radius 1 is 0.692 bits per heavy atom. The van der Waals surface area contributed by atoms with Crippen LogP contribution in [-0.2, 0) is 15.4 Å².